The quantitative estimate of drug-likeness (QED) is 0.0124. The van der Waals surface area contributed by atoms with Crippen LogP contribution in [0.4, 0.5) is 0 Å². The van der Waals surface area contributed by atoms with Crippen LogP contribution in [-0.2, 0) is 27.7 Å². The third-order valence-corrected chi connectivity index (χ3v) is 9.64. The summed E-state index contributed by atoms with van der Waals surface area (Å²) in [5.41, 5.74) is 0. The minimum Gasteiger partial charge on any atom is -0.388 e. The summed E-state index contributed by atoms with van der Waals surface area (Å²) in [6.07, 6.45) is 39.5. The summed E-state index contributed by atoms with van der Waals surface area (Å²) in [4.78, 5) is 34.1. The lowest BCUT2D eigenvalue weighted by Crippen LogP contribution is -2.25. The van der Waals surface area contributed by atoms with E-state index < -0.39 is 53.6 Å². The molecule has 0 rings (SSSR count). The van der Waals surface area contributed by atoms with Crippen LogP contribution in [0.25, 0.3) is 0 Å². The number of phosphoric ester groups is 2. The van der Waals surface area contributed by atoms with Gasteiger partial charge in [0.25, 0.3) is 0 Å². The highest BCUT2D eigenvalue weighted by atomic mass is 31.2. The van der Waals surface area contributed by atoms with Crippen LogP contribution in [0.2, 0.25) is 0 Å². The van der Waals surface area contributed by atoms with Gasteiger partial charge in [-0.15, -0.1) is 0 Å². The summed E-state index contributed by atoms with van der Waals surface area (Å²) in [7, 11) is -9.20. The van der Waals surface area contributed by atoms with Crippen molar-refractivity contribution in [3.8, 4) is 0 Å². The number of aliphatic hydroxyl groups is 4. The Hall–Kier alpha value is -1.06. The van der Waals surface area contributed by atoms with Crippen LogP contribution >= 0.6 is 15.6 Å². The van der Waals surface area contributed by atoms with Crippen LogP contribution in [-0.4, -0.2) is 91.2 Å². The van der Waals surface area contributed by atoms with Crippen molar-refractivity contribution in [3.05, 3.63) is 48.6 Å². The standard InChI is InChI=1S/C23H41O7P.C19H41O7P/c1-2-3-4-5-6-7-8-9-10-11-12-13-14-15-16-17-18-19-23(25)29-20-22(24)21-30-31(26,27)28;1-2-3-4-5-6-7-8-9-10-11-12-13-14-15-19(21)25-16-18(20)17-26-27(22,23)24/h6-7,9-10,12-13,15-16,22-25H,2-5,8,11,14,17-21H2,1H3,(H2,26,27,28);18-21H,2-17H2,1H3,(H2,22,23,24)/b7-6-,10-9-,13-12-,16-15-;/t22-,23?;18-,19?/m11/s1. The van der Waals surface area contributed by atoms with Gasteiger partial charge in [0.15, 0.2) is 12.6 Å². The van der Waals surface area contributed by atoms with Gasteiger partial charge in [0.05, 0.1) is 26.4 Å². The molecule has 0 saturated carbocycles. The van der Waals surface area contributed by atoms with E-state index in [1.165, 1.54) is 89.9 Å². The number of allylic oxidation sites excluding steroid dienone is 8. The topological polar surface area (TPSA) is 233 Å². The zero-order chi connectivity index (χ0) is 43.6. The Labute approximate surface area is 350 Å². The highest BCUT2D eigenvalue weighted by Gasteiger charge is 2.19. The number of phosphoric acid groups is 2. The first kappa shape index (κ1) is 59.0. The highest BCUT2D eigenvalue weighted by molar-refractivity contribution is 7.46. The molecular weight excluding hydrogens is 790 g/mol. The summed E-state index contributed by atoms with van der Waals surface area (Å²) < 4.78 is 39.4. The molecule has 0 aromatic heterocycles. The second-order valence-electron chi connectivity index (χ2n) is 14.5. The molecule has 8 N–H and O–H groups in total. The van der Waals surface area contributed by atoms with E-state index in [4.69, 9.17) is 29.0 Å². The van der Waals surface area contributed by atoms with Crippen molar-refractivity contribution < 1.29 is 67.7 Å². The molecule has 14 nitrogen and oxygen atoms in total. The van der Waals surface area contributed by atoms with Crippen LogP contribution in [0.15, 0.2) is 48.6 Å². The van der Waals surface area contributed by atoms with Gasteiger partial charge < -0.3 is 49.5 Å². The van der Waals surface area contributed by atoms with Crippen LogP contribution < -0.4 is 0 Å². The van der Waals surface area contributed by atoms with E-state index in [0.29, 0.717) is 12.8 Å². The molecule has 344 valence electrons. The fraction of sp³-hybridized carbons (Fsp3) is 0.810. The molecule has 0 aliphatic heterocycles. The van der Waals surface area contributed by atoms with Gasteiger partial charge >= 0.3 is 15.6 Å². The average Bonchev–Trinajstić information content (AvgIpc) is 3.17. The van der Waals surface area contributed by atoms with Crippen molar-refractivity contribution in [3.63, 3.8) is 0 Å². The molecule has 0 spiro atoms. The van der Waals surface area contributed by atoms with Gasteiger partial charge in [0, 0.05) is 0 Å². The van der Waals surface area contributed by atoms with Gasteiger partial charge in [-0.05, 0) is 64.2 Å². The molecule has 58 heavy (non-hydrogen) atoms. The van der Waals surface area contributed by atoms with E-state index in [-0.39, 0.29) is 13.2 Å². The molecule has 0 aliphatic rings. The molecule has 0 aromatic rings. The van der Waals surface area contributed by atoms with Crippen LogP contribution in [0, 0.1) is 0 Å². The first-order valence-corrected chi connectivity index (χ1v) is 24.7. The van der Waals surface area contributed by atoms with E-state index in [9.17, 15) is 29.6 Å². The molecule has 2 unspecified atom stereocenters. The lowest BCUT2D eigenvalue weighted by molar-refractivity contribution is -0.129. The first-order valence-electron chi connectivity index (χ1n) is 21.7. The summed E-state index contributed by atoms with van der Waals surface area (Å²) in [5.74, 6) is 0. The van der Waals surface area contributed by atoms with E-state index in [1.54, 1.807) is 0 Å². The molecule has 0 aliphatic carbocycles. The Bertz CT molecular complexity index is 1090. The molecule has 16 heteroatoms. The van der Waals surface area contributed by atoms with Crippen LogP contribution in [0.3, 0.4) is 0 Å². The van der Waals surface area contributed by atoms with Crippen molar-refractivity contribution in [2.75, 3.05) is 26.4 Å². The second kappa shape index (κ2) is 42.6. The number of hydrogen-bond donors (Lipinski definition) is 8. The average molecular weight is 873 g/mol. The van der Waals surface area contributed by atoms with E-state index in [2.05, 4.69) is 71.5 Å². The van der Waals surface area contributed by atoms with E-state index >= 15 is 0 Å². The molecule has 0 amide bonds. The maximum atomic E-state index is 10.5. The zero-order valence-corrected chi connectivity index (χ0v) is 37.4. The predicted molar refractivity (Wildman–Crippen MR) is 231 cm³/mol. The maximum Gasteiger partial charge on any atom is 0.469 e. The molecule has 0 aromatic carbocycles. The molecule has 0 saturated heterocycles. The van der Waals surface area contributed by atoms with Gasteiger partial charge in [-0.25, -0.2) is 9.13 Å². The van der Waals surface area contributed by atoms with E-state index in [0.717, 1.165) is 51.4 Å². The van der Waals surface area contributed by atoms with Crippen molar-refractivity contribution in [1.29, 1.82) is 0 Å². The number of rotatable bonds is 40. The third-order valence-electron chi connectivity index (χ3n) is 8.67. The third kappa shape index (κ3) is 53.0. The normalized spacial score (nSPS) is 14.8. The van der Waals surface area contributed by atoms with Crippen molar-refractivity contribution in [1.82, 2.24) is 0 Å². The van der Waals surface area contributed by atoms with Crippen LogP contribution in [0.1, 0.15) is 168 Å². The number of ether oxygens (including phenoxy) is 2. The van der Waals surface area contributed by atoms with Crippen LogP contribution in [0.5, 0.6) is 0 Å². The molecule has 4 atom stereocenters. The Balaban J connectivity index is 0. The van der Waals surface area contributed by atoms with Gasteiger partial charge in [0.2, 0.25) is 0 Å². The van der Waals surface area contributed by atoms with Crippen molar-refractivity contribution in [2.45, 2.75) is 193 Å². The largest absolute Gasteiger partial charge is 0.469 e. The molecule has 0 radical (unpaired) electrons. The summed E-state index contributed by atoms with van der Waals surface area (Å²) >= 11 is 0. The summed E-state index contributed by atoms with van der Waals surface area (Å²) in [5, 5.41) is 38.2. The number of aliphatic hydroxyl groups excluding tert-OH is 4. The Morgan fingerprint density at radius 2 is 0.724 bits per heavy atom. The SMILES string of the molecule is CCCCC/C=C\C/C=C\C/C=C\C/C=C\CCCC(O)OC[C@@H](O)COP(=O)(O)O.CCCCCCCCCCCCCCCC(O)OC[C@@H](O)COP(=O)(O)O. The van der Waals surface area contributed by atoms with E-state index in [1.807, 2.05) is 0 Å². The Morgan fingerprint density at radius 1 is 0.414 bits per heavy atom. The summed E-state index contributed by atoms with van der Waals surface area (Å²) in [6, 6.07) is 0. The minimum atomic E-state index is -4.61. The van der Waals surface area contributed by atoms with Gasteiger partial charge in [-0.3, -0.25) is 9.05 Å². The fourth-order valence-corrected chi connectivity index (χ4v) is 6.11. The number of hydrogen-bond acceptors (Lipinski definition) is 10. The molecule has 0 fully saturated rings. The van der Waals surface area contributed by atoms with Gasteiger partial charge in [-0.2, -0.15) is 0 Å². The monoisotopic (exact) mass is 873 g/mol. The lowest BCUT2D eigenvalue weighted by atomic mass is 10.0. The Morgan fingerprint density at radius 3 is 1.10 bits per heavy atom. The highest BCUT2D eigenvalue weighted by Crippen LogP contribution is 2.36. The smallest absolute Gasteiger partial charge is 0.388 e. The minimum absolute atomic E-state index is 0.223. The molecular formula is C42H82O14P2. The van der Waals surface area contributed by atoms with Crippen molar-refractivity contribution >= 4 is 15.6 Å². The fourth-order valence-electron chi connectivity index (χ4n) is 5.38. The zero-order valence-electron chi connectivity index (χ0n) is 35.6. The predicted octanol–water partition coefficient (Wildman–Crippen LogP) is 9.21. The first-order chi connectivity index (χ1) is 27.7. The van der Waals surface area contributed by atoms with Crippen molar-refractivity contribution in [2.24, 2.45) is 0 Å². The maximum absolute atomic E-state index is 10.5. The summed E-state index contributed by atoms with van der Waals surface area (Å²) in [6.45, 7) is 2.89. The second-order valence-corrected chi connectivity index (χ2v) is 17.0. The number of unbranched alkanes of at least 4 members (excludes halogenated alkanes) is 16. The Kier molecular flexibility index (Phi) is 43.4. The molecule has 0 bridgehead atoms. The molecule has 0 heterocycles. The van der Waals surface area contributed by atoms with Gasteiger partial charge in [-0.1, -0.05) is 152 Å². The lowest BCUT2D eigenvalue weighted by Gasteiger charge is -2.15. The van der Waals surface area contributed by atoms with Gasteiger partial charge in [0.1, 0.15) is 12.2 Å².